The molecule has 0 amide bonds. The van der Waals surface area contributed by atoms with E-state index in [2.05, 4.69) is 22.2 Å². The summed E-state index contributed by atoms with van der Waals surface area (Å²) in [5, 5.41) is 3.43. The summed E-state index contributed by atoms with van der Waals surface area (Å²) in [5.41, 5.74) is 2.40. The molecular formula is C11H17N3. The van der Waals surface area contributed by atoms with Crippen molar-refractivity contribution in [3.05, 3.63) is 23.8 Å². The lowest BCUT2D eigenvalue weighted by Crippen LogP contribution is -2.42. The van der Waals surface area contributed by atoms with E-state index in [4.69, 9.17) is 0 Å². The van der Waals surface area contributed by atoms with Crippen molar-refractivity contribution in [1.29, 1.82) is 0 Å². The van der Waals surface area contributed by atoms with Gasteiger partial charge in [-0.05, 0) is 26.3 Å². The Balaban J connectivity index is 2.32. The fourth-order valence-electron chi connectivity index (χ4n) is 2.26. The first-order valence-electron chi connectivity index (χ1n) is 5.21. The molecule has 0 aromatic carbocycles. The Hall–Kier alpha value is -0.960. The number of rotatable bonds is 1. The van der Waals surface area contributed by atoms with Crippen molar-refractivity contribution in [3.63, 3.8) is 0 Å². The average molecular weight is 191 g/mol. The Bertz CT molecular complexity index is 316. The van der Waals surface area contributed by atoms with Crippen LogP contribution in [0, 0.1) is 6.92 Å². The highest BCUT2D eigenvalue weighted by molar-refractivity contribution is 5.21. The van der Waals surface area contributed by atoms with Gasteiger partial charge in [-0.3, -0.25) is 9.97 Å². The summed E-state index contributed by atoms with van der Waals surface area (Å²) in [6.07, 6.45) is 5.99. The molecule has 1 atom stereocenters. The number of aromatic nitrogens is 2. The fourth-order valence-corrected chi connectivity index (χ4v) is 2.26. The minimum atomic E-state index is 0.177. The number of piperidine rings is 1. The van der Waals surface area contributed by atoms with Crippen molar-refractivity contribution in [2.24, 2.45) is 0 Å². The zero-order valence-electron chi connectivity index (χ0n) is 8.88. The van der Waals surface area contributed by atoms with E-state index < -0.39 is 0 Å². The SMILES string of the molecule is Cc1nccnc1C1(C)CCCNC1. The third kappa shape index (κ3) is 1.64. The second-order valence-corrected chi connectivity index (χ2v) is 4.33. The van der Waals surface area contributed by atoms with Gasteiger partial charge in [-0.25, -0.2) is 0 Å². The summed E-state index contributed by atoms with van der Waals surface area (Å²) in [6, 6.07) is 0. The van der Waals surface area contributed by atoms with Gasteiger partial charge in [-0.1, -0.05) is 6.92 Å². The minimum absolute atomic E-state index is 0.177. The molecule has 1 aliphatic rings. The molecule has 14 heavy (non-hydrogen) atoms. The van der Waals surface area contributed by atoms with Crippen LogP contribution in [0.2, 0.25) is 0 Å². The smallest absolute Gasteiger partial charge is 0.0687 e. The van der Waals surface area contributed by atoms with Gasteiger partial charge in [-0.2, -0.15) is 0 Å². The molecule has 0 bridgehead atoms. The topological polar surface area (TPSA) is 37.8 Å². The summed E-state index contributed by atoms with van der Waals surface area (Å²) in [6.45, 7) is 6.47. The largest absolute Gasteiger partial charge is 0.316 e. The zero-order valence-corrected chi connectivity index (χ0v) is 8.88. The first-order valence-corrected chi connectivity index (χ1v) is 5.21. The highest BCUT2D eigenvalue weighted by atomic mass is 14.9. The summed E-state index contributed by atoms with van der Waals surface area (Å²) in [7, 11) is 0. The van der Waals surface area contributed by atoms with E-state index in [9.17, 15) is 0 Å². The van der Waals surface area contributed by atoms with Gasteiger partial charge < -0.3 is 5.32 Å². The Morgan fingerprint density at radius 1 is 1.36 bits per heavy atom. The molecular weight excluding hydrogens is 174 g/mol. The summed E-state index contributed by atoms with van der Waals surface area (Å²) in [4.78, 5) is 8.78. The molecule has 1 unspecified atom stereocenters. The van der Waals surface area contributed by atoms with Gasteiger partial charge in [0.1, 0.15) is 0 Å². The van der Waals surface area contributed by atoms with E-state index in [-0.39, 0.29) is 5.41 Å². The van der Waals surface area contributed by atoms with Crippen molar-refractivity contribution in [1.82, 2.24) is 15.3 Å². The third-order valence-electron chi connectivity index (χ3n) is 3.05. The van der Waals surface area contributed by atoms with Crippen molar-refractivity contribution >= 4 is 0 Å². The van der Waals surface area contributed by atoms with Crippen LogP contribution in [-0.4, -0.2) is 23.1 Å². The second-order valence-electron chi connectivity index (χ2n) is 4.33. The molecule has 2 heterocycles. The lowest BCUT2D eigenvalue weighted by Gasteiger charge is -2.34. The van der Waals surface area contributed by atoms with Crippen LogP contribution < -0.4 is 5.32 Å². The maximum absolute atomic E-state index is 4.47. The Labute approximate surface area is 85.0 Å². The molecule has 0 spiro atoms. The maximum atomic E-state index is 4.47. The van der Waals surface area contributed by atoms with Crippen LogP contribution in [0.4, 0.5) is 0 Å². The van der Waals surface area contributed by atoms with Gasteiger partial charge in [0.25, 0.3) is 0 Å². The predicted molar refractivity (Wildman–Crippen MR) is 56.2 cm³/mol. The van der Waals surface area contributed by atoms with Gasteiger partial charge >= 0.3 is 0 Å². The quantitative estimate of drug-likeness (QED) is 0.729. The van der Waals surface area contributed by atoms with Gasteiger partial charge in [0.05, 0.1) is 11.4 Å². The van der Waals surface area contributed by atoms with Gasteiger partial charge in [-0.15, -0.1) is 0 Å². The molecule has 0 saturated carbocycles. The predicted octanol–water partition coefficient (Wildman–Crippen LogP) is 1.43. The van der Waals surface area contributed by atoms with E-state index in [0.29, 0.717) is 0 Å². The molecule has 2 rings (SSSR count). The van der Waals surface area contributed by atoms with Crippen LogP contribution in [0.3, 0.4) is 0 Å². The van der Waals surface area contributed by atoms with E-state index in [1.54, 1.807) is 12.4 Å². The highest BCUT2D eigenvalue weighted by Crippen LogP contribution is 2.30. The molecule has 3 heteroatoms. The molecule has 0 radical (unpaired) electrons. The van der Waals surface area contributed by atoms with Gasteiger partial charge in [0, 0.05) is 24.4 Å². The molecule has 1 aliphatic heterocycles. The molecule has 0 aliphatic carbocycles. The number of hydrogen-bond donors (Lipinski definition) is 1. The summed E-state index contributed by atoms with van der Waals surface area (Å²) >= 11 is 0. The lowest BCUT2D eigenvalue weighted by molar-refractivity contribution is 0.329. The molecule has 1 aromatic rings. The first-order chi connectivity index (χ1) is 6.72. The van der Waals surface area contributed by atoms with Crippen LogP contribution in [0.25, 0.3) is 0 Å². The molecule has 1 N–H and O–H groups in total. The van der Waals surface area contributed by atoms with Gasteiger partial charge in [0.15, 0.2) is 0 Å². The zero-order chi connectivity index (χ0) is 10.0. The first kappa shape index (κ1) is 9.59. The highest BCUT2D eigenvalue weighted by Gasteiger charge is 2.31. The average Bonchev–Trinajstić information content (AvgIpc) is 2.19. The van der Waals surface area contributed by atoms with Crippen LogP contribution in [-0.2, 0) is 5.41 Å². The van der Waals surface area contributed by atoms with E-state index in [1.165, 1.54) is 12.8 Å². The fraction of sp³-hybridized carbons (Fsp3) is 0.636. The van der Waals surface area contributed by atoms with Crippen LogP contribution in [0.15, 0.2) is 12.4 Å². The number of nitrogens with one attached hydrogen (secondary N) is 1. The van der Waals surface area contributed by atoms with Crippen molar-refractivity contribution in [2.75, 3.05) is 13.1 Å². The van der Waals surface area contributed by atoms with Crippen LogP contribution >= 0.6 is 0 Å². The number of hydrogen-bond acceptors (Lipinski definition) is 3. The normalized spacial score (nSPS) is 27.6. The van der Waals surface area contributed by atoms with Crippen molar-refractivity contribution in [2.45, 2.75) is 32.1 Å². The molecule has 1 saturated heterocycles. The maximum Gasteiger partial charge on any atom is 0.0687 e. The summed E-state index contributed by atoms with van der Waals surface area (Å²) < 4.78 is 0. The summed E-state index contributed by atoms with van der Waals surface area (Å²) in [5.74, 6) is 0. The lowest BCUT2D eigenvalue weighted by atomic mass is 9.79. The third-order valence-corrected chi connectivity index (χ3v) is 3.05. The van der Waals surface area contributed by atoms with E-state index in [1.807, 2.05) is 6.92 Å². The van der Waals surface area contributed by atoms with Crippen LogP contribution in [0.1, 0.15) is 31.2 Å². The van der Waals surface area contributed by atoms with Crippen molar-refractivity contribution in [3.8, 4) is 0 Å². The van der Waals surface area contributed by atoms with Crippen molar-refractivity contribution < 1.29 is 0 Å². The number of nitrogens with zero attached hydrogens (tertiary/aromatic N) is 2. The Kier molecular flexibility index (Phi) is 2.50. The standard InChI is InChI=1S/C11H17N3/c1-9-10(14-7-6-13-9)11(2)4-3-5-12-8-11/h6-7,12H,3-5,8H2,1-2H3. The van der Waals surface area contributed by atoms with E-state index in [0.717, 1.165) is 24.5 Å². The monoisotopic (exact) mass is 191 g/mol. The number of aryl methyl sites for hydroxylation is 1. The Morgan fingerprint density at radius 2 is 2.14 bits per heavy atom. The van der Waals surface area contributed by atoms with Gasteiger partial charge in [0.2, 0.25) is 0 Å². The Morgan fingerprint density at radius 3 is 2.79 bits per heavy atom. The van der Waals surface area contributed by atoms with Crippen LogP contribution in [0.5, 0.6) is 0 Å². The minimum Gasteiger partial charge on any atom is -0.316 e. The van der Waals surface area contributed by atoms with E-state index >= 15 is 0 Å². The molecule has 76 valence electrons. The second kappa shape index (κ2) is 3.65. The molecule has 1 aromatic heterocycles. The molecule has 1 fully saturated rings. The molecule has 3 nitrogen and oxygen atoms in total.